The van der Waals surface area contributed by atoms with Crippen molar-refractivity contribution in [1.29, 1.82) is 0 Å². The molecule has 1 aliphatic rings. The summed E-state index contributed by atoms with van der Waals surface area (Å²) in [7, 11) is 0. The highest BCUT2D eigenvalue weighted by Gasteiger charge is 2.44. The van der Waals surface area contributed by atoms with Gasteiger partial charge in [0.25, 0.3) is 0 Å². The molecule has 1 saturated heterocycles. The van der Waals surface area contributed by atoms with E-state index in [1.165, 1.54) is 199 Å². The molecule has 1 rings (SSSR count). The lowest BCUT2D eigenvalue weighted by molar-refractivity contribution is -0.303. The van der Waals surface area contributed by atoms with Crippen molar-refractivity contribution in [2.24, 2.45) is 0 Å². The van der Waals surface area contributed by atoms with Crippen molar-refractivity contribution in [1.82, 2.24) is 5.32 Å². The predicted octanol–water partition coefficient (Wildman–Crippen LogP) is 11.3. The van der Waals surface area contributed by atoms with Gasteiger partial charge in [-0.15, -0.1) is 0 Å². The van der Waals surface area contributed by atoms with Crippen molar-refractivity contribution in [3.63, 3.8) is 0 Å². The molecule has 0 bridgehead atoms. The molecule has 1 fully saturated rings. The number of aliphatic hydroxyl groups is 6. The average Bonchev–Trinajstić information content (AvgIpc) is 3.27. The lowest BCUT2D eigenvalue weighted by Crippen LogP contribution is -2.60. The molecule has 0 saturated carbocycles. The van der Waals surface area contributed by atoms with Crippen molar-refractivity contribution in [3.05, 3.63) is 0 Å². The van der Waals surface area contributed by atoms with E-state index in [0.29, 0.717) is 6.42 Å². The Morgan fingerprint density at radius 3 is 1.19 bits per heavy atom. The second-order valence-electron chi connectivity index (χ2n) is 19.2. The Labute approximate surface area is 381 Å². The zero-order valence-corrected chi connectivity index (χ0v) is 40.5. The van der Waals surface area contributed by atoms with E-state index in [2.05, 4.69) is 19.2 Å². The molecular formula is C52H103NO9. The molecule has 10 heteroatoms. The number of nitrogens with one attached hydrogen (secondary N) is 1. The number of ether oxygens (including phenoxy) is 2. The van der Waals surface area contributed by atoms with Crippen LogP contribution in [-0.4, -0.2) is 98.7 Å². The first-order chi connectivity index (χ1) is 30.3. The van der Waals surface area contributed by atoms with Gasteiger partial charge in [-0.3, -0.25) is 4.79 Å². The lowest BCUT2D eigenvalue weighted by Gasteiger charge is -2.40. The Morgan fingerprint density at radius 1 is 0.500 bits per heavy atom. The van der Waals surface area contributed by atoms with Crippen LogP contribution in [0.1, 0.15) is 264 Å². The number of amides is 1. The van der Waals surface area contributed by atoms with Crippen molar-refractivity contribution < 1.29 is 44.9 Å². The SMILES string of the molecule is CCCCCCCCCCCCCCCCCCCCCCCCCCCC(=O)N[C@@H](CO[C@@H]1O[C@H](CO)[C@@H](O)C(O)C1O)[C@H](O)[C@H](O)CCCCCCCCCCCCCC. The molecule has 0 aromatic carbocycles. The van der Waals surface area contributed by atoms with Gasteiger partial charge >= 0.3 is 0 Å². The molecule has 62 heavy (non-hydrogen) atoms. The third-order valence-electron chi connectivity index (χ3n) is 13.3. The van der Waals surface area contributed by atoms with Crippen LogP contribution in [0.15, 0.2) is 0 Å². The normalized spacial score (nSPS) is 20.7. The molecule has 2 unspecified atom stereocenters. The molecule has 370 valence electrons. The minimum absolute atomic E-state index is 0.252. The van der Waals surface area contributed by atoms with Crippen molar-refractivity contribution in [3.8, 4) is 0 Å². The fourth-order valence-corrected chi connectivity index (χ4v) is 8.97. The zero-order valence-electron chi connectivity index (χ0n) is 40.5. The minimum Gasteiger partial charge on any atom is -0.394 e. The van der Waals surface area contributed by atoms with Gasteiger partial charge in [-0.1, -0.05) is 245 Å². The summed E-state index contributed by atoms with van der Waals surface area (Å²) in [5.74, 6) is -0.252. The van der Waals surface area contributed by atoms with Crippen LogP contribution < -0.4 is 5.32 Å². The first-order valence-electron chi connectivity index (χ1n) is 26.8. The highest BCUT2D eigenvalue weighted by molar-refractivity contribution is 5.76. The molecule has 10 nitrogen and oxygen atoms in total. The summed E-state index contributed by atoms with van der Waals surface area (Å²) < 4.78 is 11.2. The van der Waals surface area contributed by atoms with Crippen LogP contribution >= 0.6 is 0 Å². The molecule has 0 aromatic rings. The van der Waals surface area contributed by atoms with E-state index >= 15 is 0 Å². The maximum Gasteiger partial charge on any atom is 0.220 e. The number of aliphatic hydroxyl groups excluding tert-OH is 6. The number of unbranched alkanes of at least 4 members (excludes halogenated alkanes) is 35. The summed E-state index contributed by atoms with van der Waals surface area (Å²) in [5, 5.41) is 65.3. The monoisotopic (exact) mass is 886 g/mol. The molecule has 0 radical (unpaired) electrons. The summed E-state index contributed by atoms with van der Waals surface area (Å²) >= 11 is 0. The molecule has 1 aliphatic heterocycles. The van der Waals surface area contributed by atoms with Crippen LogP contribution in [0, 0.1) is 0 Å². The molecule has 0 spiro atoms. The standard InChI is InChI=1S/C52H103NO9/c1-3-5-7-9-11-13-15-17-18-19-20-21-22-23-24-25-26-27-28-29-31-33-35-37-39-41-47(56)53-44(43-61-52-51(60)50(59)49(58)46(42-54)62-52)48(57)45(55)40-38-36-34-32-30-16-14-12-10-8-6-4-2/h44-46,48-52,54-55,57-60H,3-43H2,1-2H3,(H,53,56)/t44-,45+,46+,48-,49+,50?,51?,52+/m0/s1. The van der Waals surface area contributed by atoms with Crippen molar-refractivity contribution in [2.75, 3.05) is 13.2 Å². The Hall–Kier alpha value is -0.850. The molecule has 0 aliphatic carbocycles. The molecule has 7 N–H and O–H groups in total. The second-order valence-corrected chi connectivity index (χ2v) is 19.2. The largest absolute Gasteiger partial charge is 0.394 e. The molecular weight excluding hydrogens is 783 g/mol. The maximum absolute atomic E-state index is 13.0. The van der Waals surface area contributed by atoms with E-state index in [0.717, 1.165) is 38.5 Å². The van der Waals surface area contributed by atoms with Crippen molar-refractivity contribution >= 4 is 5.91 Å². The van der Waals surface area contributed by atoms with E-state index in [1.807, 2.05) is 0 Å². The van der Waals surface area contributed by atoms with Gasteiger partial charge in [0.2, 0.25) is 5.91 Å². The van der Waals surface area contributed by atoms with Crippen molar-refractivity contribution in [2.45, 2.75) is 313 Å². The van der Waals surface area contributed by atoms with E-state index < -0.39 is 55.6 Å². The zero-order chi connectivity index (χ0) is 45.3. The lowest BCUT2D eigenvalue weighted by atomic mass is 9.98. The molecule has 1 amide bonds. The van der Waals surface area contributed by atoms with Gasteiger partial charge < -0.3 is 45.4 Å². The van der Waals surface area contributed by atoms with Crippen LogP contribution in [0.25, 0.3) is 0 Å². The summed E-state index contributed by atoms with van der Waals surface area (Å²) in [6.07, 6.45) is 38.4. The quantitative estimate of drug-likeness (QED) is 0.0294. The van der Waals surface area contributed by atoms with Gasteiger partial charge in [-0.05, 0) is 12.8 Å². The first-order valence-corrected chi connectivity index (χ1v) is 26.8. The summed E-state index contributed by atoms with van der Waals surface area (Å²) in [6.45, 7) is 3.63. The smallest absolute Gasteiger partial charge is 0.220 e. The van der Waals surface area contributed by atoms with Gasteiger partial charge in [0.15, 0.2) is 6.29 Å². The van der Waals surface area contributed by atoms with Gasteiger partial charge in [0.05, 0.1) is 25.4 Å². The number of rotatable bonds is 46. The fraction of sp³-hybridized carbons (Fsp3) is 0.981. The third-order valence-corrected chi connectivity index (χ3v) is 13.3. The summed E-state index contributed by atoms with van der Waals surface area (Å²) in [5.41, 5.74) is 0. The van der Waals surface area contributed by atoms with Gasteiger partial charge in [-0.2, -0.15) is 0 Å². The average molecular weight is 886 g/mol. The minimum atomic E-state index is -1.60. The van der Waals surface area contributed by atoms with Crippen LogP contribution in [0.4, 0.5) is 0 Å². The van der Waals surface area contributed by atoms with Gasteiger partial charge in [0.1, 0.15) is 30.5 Å². The maximum atomic E-state index is 13.0. The van der Waals surface area contributed by atoms with E-state index in [4.69, 9.17) is 9.47 Å². The molecule has 1 heterocycles. The van der Waals surface area contributed by atoms with Gasteiger partial charge in [0, 0.05) is 6.42 Å². The Balaban J connectivity index is 2.23. The number of hydrogen-bond donors (Lipinski definition) is 7. The highest BCUT2D eigenvalue weighted by Crippen LogP contribution is 2.23. The van der Waals surface area contributed by atoms with E-state index in [1.54, 1.807) is 0 Å². The molecule has 8 atom stereocenters. The fourth-order valence-electron chi connectivity index (χ4n) is 8.97. The molecule has 0 aromatic heterocycles. The summed E-state index contributed by atoms with van der Waals surface area (Å²) in [4.78, 5) is 13.0. The Morgan fingerprint density at radius 2 is 0.839 bits per heavy atom. The first kappa shape index (κ1) is 59.2. The van der Waals surface area contributed by atoms with Crippen LogP contribution in [0.5, 0.6) is 0 Å². The van der Waals surface area contributed by atoms with Crippen LogP contribution in [0.3, 0.4) is 0 Å². The van der Waals surface area contributed by atoms with Gasteiger partial charge in [-0.25, -0.2) is 0 Å². The summed E-state index contributed by atoms with van der Waals surface area (Å²) in [6, 6.07) is -0.985. The van der Waals surface area contributed by atoms with E-state index in [-0.39, 0.29) is 18.9 Å². The topological polar surface area (TPSA) is 169 Å². The number of carbonyl (C=O) groups is 1. The van der Waals surface area contributed by atoms with Crippen LogP contribution in [-0.2, 0) is 14.3 Å². The highest BCUT2D eigenvalue weighted by atomic mass is 16.7. The Bertz CT molecular complexity index is 957. The number of hydrogen-bond acceptors (Lipinski definition) is 9. The Kier molecular flexibility index (Phi) is 40.8. The number of carbonyl (C=O) groups excluding carboxylic acids is 1. The van der Waals surface area contributed by atoms with Crippen LogP contribution in [0.2, 0.25) is 0 Å². The third kappa shape index (κ3) is 31.9. The van der Waals surface area contributed by atoms with E-state index in [9.17, 15) is 35.4 Å². The second kappa shape index (κ2) is 42.8. The predicted molar refractivity (Wildman–Crippen MR) is 255 cm³/mol.